The standard InChI is InChI=1S/C13H13F2N3O2/c14-8-1-2-11(15)10(5-8)12(19)17-6-9(7-17)18-4-3-16-13(18)20/h1-2,5,9H,3-4,6-7H2,(H,16,20). The molecule has 0 unspecified atom stereocenters. The lowest BCUT2D eigenvalue weighted by atomic mass is 10.0. The Morgan fingerprint density at radius 2 is 2.05 bits per heavy atom. The molecule has 2 fully saturated rings. The van der Waals surface area contributed by atoms with Crippen molar-refractivity contribution in [3.05, 3.63) is 35.4 Å². The van der Waals surface area contributed by atoms with Crippen molar-refractivity contribution in [2.45, 2.75) is 6.04 Å². The molecule has 0 spiro atoms. The Hall–Kier alpha value is -2.18. The van der Waals surface area contributed by atoms with E-state index in [4.69, 9.17) is 0 Å². The van der Waals surface area contributed by atoms with Gasteiger partial charge in [0, 0.05) is 26.2 Å². The Labute approximate surface area is 114 Å². The Bertz CT molecular complexity index is 573. The van der Waals surface area contributed by atoms with Gasteiger partial charge in [-0.15, -0.1) is 0 Å². The van der Waals surface area contributed by atoms with E-state index >= 15 is 0 Å². The number of carbonyl (C=O) groups is 2. The maximum Gasteiger partial charge on any atom is 0.317 e. The van der Waals surface area contributed by atoms with Gasteiger partial charge < -0.3 is 15.1 Å². The topological polar surface area (TPSA) is 52.7 Å². The summed E-state index contributed by atoms with van der Waals surface area (Å²) in [6.45, 7) is 1.91. The summed E-state index contributed by atoms with van der Waals surface area (Å²) in [5.74, 6) is -1.93. The van der Waals surface area contributed by atoms with Crippen molar-refractivity contribution in [1.82, 2.24) is 15.1 Å². The number of halogens is 2. The van der Waals surface area contributed by atoms with Gasteiger partial charge in [0.2, 0.25) is 0 Å². The molecular formula is C13H13F2N3O2. The van der Waals surface area contributed by atoms with Gasteiger partial charge in [-0.25, -0.2) is 13.6 Å². The number of nitrogens with one attached hydrogen (secondary N) is 1. The Morgan fingerprint density at radius 1 is 1.30 bits per heavy atom. The second-order valence-corrected chi connectivity index (χ2v) is 4.91. The van der Waals surface area contributed by atoms with E-state index in [0.29, 0.717) is 26.2 Å². The molecular weight excluding hydrogens is 268 g/mol. The zero-order chi connectivity index (χ0) is 14.3. The van der Waals surface area contributed by atoms with Gasteiger partial charge in [0.15, 0.2) is 0 Å². The van der Waals surface area contributed by atoms with Gasteiger partial charge in [-0.3, -0.25) is 4.79 Å². The number of likely N-dealkylation sites (tertiary alicyclic amines) is 1. The van der Waals surface area contributed by atoms with Crippen LogP contribution in [0.15, 0.2) is 18.2 Å². The lowest BCUT2D eigenvalue weighted by Crippen LogP contribution is -2.61. The van der Waals surface area contributed by atoms with Crippen molar-refractivity contribution in [3.8, 4) is 0 Å². The monoisotopic (exact) mass is 281 g/mol. The SMILES string of the molecule is O=C(c1cc(F)ccc1F)N1CC(N2CCNC2=O)C1. The molecule has 106 valence electrons. The van der Waals surface area contributed by atoms with Crippen molar-refractivity contribution >= 4 is 11.9 Å². The molecule has 0 aromatic heterocycles. The van der Waals surface area contributed by atoms with E-state index < -0.39 is 17.5 Å². The lowest BCUT2D eigenvalue weighted by Gasteiger charge is -2.43. The number of rotatable bonds is 2. The second-order valence-electron chi connectivity index (χ2n) is 4.91. The molecule has 3 rings (SSSR count). The molecule has 0 aliphatic carbocycles. The number of amides is 3. The van der Waals surface area contributed by atoms with E-state index in [2.05, 4.69) is 5.32 Å². The van der Waals surface area contributed by atoms with Crippen LogP contribution in [0.1, 0.15) is 10.4 Å². The van der Waals surface area contributed by atoms with Crippen LogP contribution in [0.5, 0.6) is 0 Å². The highest BCUT2D eigenvalue weighted by Gasteiger charge is 2.39. The largest absolute Gasteiger partial charge is 0.336 e. The van der Waals surface area contributed by atoms with Crippen LogP contribution in [0.2, 0.25) is 0 Å². The first-order valence-corrected chi connectivity index (χ1v) is 6.35. The number of urea groups is 1. The predicted octanol–water partition coefficient (Wildman–Crippen LogP) is 0.814. The van der Waals surface area contributed by atoms with Crippen LogP contribution in [-0.4, -0.2) is 54.0 Å². The van der Waals surface area contributed by atoms with Gasteiger partial charge >= 0.3 is 6.03 Å². The quantitative estimate of drug-likeness (QED) is 0.872. The number of nitrogens with zero attached hydrogens (tertiary/aromatic N) is 2. The summed E-state index contributed by atoms with van der Waals surface area (Å²) in [5, 5.41) is 2.68. The third-order valence-corrected chi connectivity index (χ3v) is 3.64. The number of benzene rings is 1. The fourth-order valence-electron chi connectivity index (χ4n) is 2.48. The first-order chi connectivity index (χ1) is 9.56. The molecule has 0 atom stereocenters. The van der Waals surface area contributed by atoms with Gasteiger partial charge in [0.05, 0.1) is 11.6 Å². The summed E-state index contributed by atoms with van der Waals surface area (Å²) in [7, 11) is 0. The van der Waals surface area contributed by atoms with Crippen LogP contribution in [0.25, 0.3) is 0 Å². The average Bonchev–Trinajstić information content (AvgIpc) is 2.77. The van der Waals surface area contributed by atoms with E-state index in [1.807, 2.05) is 0 Å². The summed E-state index contributed by atoms with van der Waals surface area (Å²) < 4.78 is 26.6. The zero-order valence-electron chi connectivity index (χ0n) is 10.6. The van der Waals surface area contributed by atoms with Gasteiger partial charge in [0.1, 0.15) is 11.6 Å². The first kappa shape index (κ1) is 12.8. The highest BCUT2D eigenvalue weighted by molar-refractivity contribution is 5.95. The average molecular weight is 281 g/mol. The van der Waals surface area contributed by atoms with E-state index in [1.54, 1.807) is 4.90 Å². The predicted molar refractivity (Wildman–Crippen MR) is 66.2 cm³/mol. The van der Waals surface area contributed by atoms with Gasteiger partial charge in [-0.05, 0) is 18.2 Å². The molecule has 3 amide bonds. The van der Waals surface area contributed by atoms with Crippen LogP contribution in [0.4, 0.5) is 13.6 Å². The molecule has 2 saturated heterocycles. The number of carbonyl (C=O) groups excluding carboxylic acids is 2. The summed E-state index contributed by atoms with van der Waals surface area (Å²) in [5.41, 5.74) is -0.269. The lowest BCUT2D eigenvalue weighted by molar-refractivity contribution is 0.0402. The van der Waals surface area contributed by atoms with Crippen molar-refractivity contribution in [2.75, 3.05) is 26.2 Å². The smallest absolute Gasteiger partial charge is 0.317 e. The van der Waals surface area contributed by atoms with Gasteiger partial charge in [-0.1, -0.05) is 0 Å². The third kappa shape index (κ3) is 2.09. The minimum absolute atomic E-state index is 0.0435. The van der Waals surface area contributed by atoms with E-state index in [0.717, 1.165) is 18.2 Å². The van der Waals surface area contributed by atoms with Crippen LogP contribution in [0, 0.1) is 11.6 Å². The van der Waals surface area contributed by atoms with Crippen LogP contribution >= 0.6 is 0 Å². The normalized spacial score (nSPS) is 19.0. The van der Waals surface area contributed by atoms with Gasteiger partial charge in [0.25, 0.3) is 5.91 Å². The maximum atomic E-state index is 13.5. The summed E-state index contributed by atoms with van der Waals surface area (Å²) in [6, 6.07) is 2.62. The molecule has 2 aliphatic heterocycles. The molecule has 7 heteroatoms. The molecule has 2 aliphatic rings. The second kappa shape index (κ2) is 4.73. The molecule has 0 saturated carbocycles. The minimum Gasteiger partial charge on any atom is -0.336 e. The van der Waals surface area contributed by atoms with Gasteiger partial charge in [-0.2, -0.15) is 0 Å². The van der Waals surface area contributed by atoms with Crippen molar-refractivity contribution < 1.29 is 18.4 Å². The van der Waals surface area contributed by atoms with Crippen molar-refractivity contribution in [3.63, 3.8) is 0 Å². The minimum atomic E-state index is -0.737. The fourth-order valence-corrected chi connectivity index (χ4v) is 2.48. The molecule has 1 N–H and O–H groups in total. The number of hydrogen-bond donors (Lipinski definition) is 1. The summed E-state index contributed by atoms with van der Waals surface area (Å²) >= 11 is 0. The Kier molecular flexibility index (Phi) is 3.04. The fraction of sp³-hybridized carbons (Fsp3) is 0.385. The highest BCUT2D eigenvalue weighted by atomic mass is 19.1. The van der Waals surface area contributed by atoms with Crippen molar-refractivity contribution in [1.29, 1.82) is 0 Å². The molecule has 1 aromatic carbocycles. The van der Waals surface area contributed by atoms with E-state index in [-0.39, 0.29) is 17.6 Å². The van der Waals surface area contributed by atoms with Crippen LogP contribution in [-0.2, 0) is 0 Å². The van der Waals surface area contributed by atoms with E-state index in [9.17, 15) is 18.4 Å². The molecule has 20 heavy (non-hydrogen) atoms. The molecule has 0 radical (unpaired) electrons. The molecule has 2 heterocycles. The summed E-state index contributed by atoms with van der Waals surface area (Å²) in [4.78, 5) is 26.6. The van der Waals surface area contributed by atoms with Crippen LogP contribution in [0.3, 0.4) is 0 Å². The Balaban J connectivity index is 1.66. The van der Waals surface area contributed by atoms with Crippen LogP contribution < -0.4 is 5.32 Å². The maximum absolute atomic E-state index is 13.5. The van der Waals surface area contributed by atoms with E-state index in [1.165, 1.54) is 4.90 Å². The molecule has 0 bridgehead atoms. The first-order valence-electron chi connectivity index (χ1n) is 6.35. The highest BCUT2D eigenvalue weighted by Crippen LogP contribution is 2.21. The summed E-state index contributed by atoms with van der Waals surface area (Å²) in [6.07, 6.45) is 0. The third-order valence-electron chi connectivity index (χ3n) is 3.64. The molecule has 5 nitrogen and oxygen atoms in total. The Morgan fingerprint density at radius 3 is 2.70 bits per heavy atom. The number of hydrogen-bond acceptors (Lipinski definition) is 2. The zero-order valence-corrected chi connectivity index (χ0v) is 10.6. The van der Waals surface area contributed by atoms with Crippen molar-refractivity contribution in [2.24, 2.45) is 0 Å². The molecule has 1 aromatic rings.